The predicted octanol–water partition coefficient (Wildman–Crippen LogP) is 2.87. The molecule has 2 atom stereocenters. The number of benzene rings is 2. The quantitative estimate of drug-likeness (QED) is 0.0409. The average molecular weight is 906 g/mol. The molecule has 344 valence electrons. The number of carbonyl (C=O) groups excluding carboxylic acids is 4. The number of ether oxygens (including phenoxy) is 9. The molecule has 2 heterocycles. The van der Waals surface area contributed by atoms with Gasteiger partial charge in [-0.25, -0.2) is 19.3 Å². The van der Waals surface area contributed by atoms with E-state index in [1.54, 1.807) is 6.20 Å². The first kappa shape index (κ1) is 49.9. The normalized spacial score (nSPS) is 13.3. The fourth-order valence-electron chi connectivity index (χ4n) is 5.25. The fourth-order valence-corrected chi connectivity index (χ4v) is 6.00. The minimum absolute atomic E-state index is 0.0743. The van der Waals surface area contributed by atoms with E-state index in [1.807, 2.05) is 49.4 Å². The van der Waals surface area contributed by atoms with Gasteiger partial charge in [0.05, 0.1) is 64.6 Å². The molecule has 3 N–H and O–H groups in total. The number of aliphatic imine (C=N–C) groups is 1. The summed E-state index contributed by atoms with van der Waals surface area (Å²) in [6, 6.07) is 13.9. The molecule has 4 rings (SSSR count). The van der Waals surface area contributed by atoms with E-state index in [-0.39, 0.29) is 65.3 Å². The summed E-state index contributed by atoms with van der Waals surface area (Å²) in [7, 11) is -3.07. The number of aryl methyl sites for hydroxylation is 1. The lowest BCUT2D eigenvalue weighted by Crippen LogP contribution is -2.32. The third-order valence-corrected chi connectivity index (χ3v) is 9.12. The van der Waals surface area contributed by atoms with Gasteiger partial charge < -0.3 is 58.2 Å². The van der Waals surface area contributed by atoms with Crippen LogP contribution in [0.2, 0.25) is 0 Å². The van der Waals surface area contributed by atoms with Gasteiger partial charge in [0.25, 0.3) is 0 Å². The number of hydrogen-bond acceptors (Lipinski definition) is 19. The molecule has 3 aromatic rings. The zero-order valence-electron chi connectivity index (χ0n) is 35.4. The number of rotatable bonds is 28. The highest BCUT2D eigenvalue weighted by atomic mass is 31.2. The van der Waals surface area contributed by atoms with Crippen LogP contribution in [0.3, 0.4) is 0 Å². The number of phosphoric ester groups is 1. The number of methoxy groups -OCH3 is 1. The highest BCUT2D eigenvalue weighted by Crippen LogP contribution is 2.43. The average Bonchev–Trinajstić information content (AvgIpc) is 3.26. The molecular formula is C40H52N5O17P. The standard InChI is InChI=1S/C40H52N5O17P/c1-27-5-10-36-34(21-27)44-35(25-59-36)31-8-6-30(7-9-31)33-22-43-39(45-38(33)52-4)56-19-17-54-16-15-53-13-11-41-37(48)26-55-18-20-57-40(49)42-12-14-60-63(50,51)61-24-32(62-29(3)47)23-58-28(2)46/h5-10,21-22,32H,11-20,23-26H2,1-4H3,(H,41,48)(H,42,49)(H,50,51). The molecule has 1 aliphatic rings. The third kappa shape index (κ3) is 19.0. The van der Waals surface area contributed by atoms with Gasteiger partial charge in [-0.2, -0.15) is 4.98 Å². The lowest BCUT2D eigenvalue weighted by atomic mass is 10.0. The molecule has 0 fully saturated rings. The van der Waals surface area contributed by atoms with Crippen molar-refractivity contribution in [2.24, 2.45) is 4.99 Å². The van der Waals surface area contributed by atoms with Crippen molar-refractivity contribution in [3.8, 4) is 28.8 Å². The molecule has 1 aliphatic heterocycles. The Morgan fingerprint density at radius 1 is 0.825 bits per heavy atom. The van der Waals surface area contributed by atoms with Gasteiger partial charge in [0.2, 0.25) is 11.8 Å². The number of aromatic nitrogens is 2. The molecule has 1 aromatic heterocycles. The van der Waals surface area contributed by atoms with E-state index in [1.165, 1.54) is 7.11 Å². The summed E-state index contributed by atoms with van der Waals surface area (Å²) in [5, 5.41) is 4.91. The molecule has 0 saturated carbocycles. The summed E-state index contributed by atoms with van der Waals surface area (Å²) in [5.41, 5.74) is 5.27. The molecule has 0 saturated heterocycles. The molecule has 2 aromatic carbocycles. The van der Waals surface area contributed by atoms with Crippen LogP contribution in [0.15, 0.2) is 53.7 Å². The molecule has 0 aliphatic carbocycles. The number of hydrogen-bond donors (Lipinski definition) is 3. The van der Waals surface area contributed by atoms with Crippen LogP contribution in [0, 0.1) is 6.92 Å². The molecule has 63 heavy (non-hydrogen) atoms. The van der Waals surface area contributed by atoms with Gasteiger partial charge in [-0.05, 0) is 35.7 Å². The largest absolute Gasteiger partial charge is 0.485 e. The SMILES string of the molecule is COc1nc(OCCOCCOCCNC(=O)COCCOC(=O)NCCOP(=O)(O)OCC(COC(C)=O)OC(C)=O)ncc1-c1ccc(C2=Nc3cc(C)ccc3OC2)cc1. The summed E-state index contributed by atoms with van der Waals surface area (Å²) >= 11 is 0. The Hall–Kier alpha value is -5.74. The fraction of sp³-hybridized carbons (Fsp3) is 0.475. The number of carbonyl (C=O) groups is 4. The Morgan fingerprint density at radius 2 is 1.54 bits per heavy atom. The van der Waals surface area contributed by atoms with Crippen molar-refractivity contribution < 1.29 is 80.3 Å². The molecular weight excluding hydrogens is 853 g/mol. The minimum atomic E-state index is -4.59. The van der Waals surface area contributed by atoms with E-state index in [0.717, 1.165) is 47.7 Å². The van der Waals surface area contributed by atoms with Gasteiger partial charge in [0.15, 0.2) is 6.10 Å². The molecule has 22 nitrogen and oxygen atoms in total. The second kappa shape index (κ2) is 26.7. The van der Waals surface area contributed by atoms with Crippen LogP contribution in [-0.4, -0.2) is 150 Å². The smallest absolute Gasteiger partial charge is 0.472 e. The first-order valence-corrected chi connectivity index (χ1v) is 21.1. The Labute approximate surface area is 363 Å². The summed E-state index contributed by atoms with van der Waals surface area (Å²) in [4.78, 5) is 69.1. The van der Waals surface area contributed by atoms with Crippen LogP contribution >= 0.6 is 7.82 Å². The molecule has 23 heteroatoms. The van der Waals surface area contributed by atoms with Crippen LogP contribution < -0.4 is 24.8 Å². The zero-order valence-corrected chi connectivity index (χ0v) is 36.3. The van der Waals surface area contributed by atoms with Crippen LogP contribution in [0.1, 0.15) is 25.0 Å². The van der Waals surface area contributed by atoms with Crippen molar-refractivity contribution in [2.75, 3.05) is 99.5 Å². The first-order valence-electron chi connectivity index (χ1n) is 19.6. The van der Waals surface area contributed by atoms with Crippen molar-refractivity contribution in [3.63, 3.8) is 0 Å². The second-order valence-corrected chi connectivity index (χ2v) is 14.6. The Balaban J connectivity index is 0.972. The number of phosphoric acid groups is 1. The van der Waals surface area contributed by atoms with Crippen molar-refractivity contribution in [2.45, 2.75) is 26.9 Å². The third-order valence-electron chi connectivity index (χ3n) is 8.14. The van der Waals surface area contributed by atoms with Crippen LogP contribution in [0.25, 0.3) is 11.1 Å². The number of esters is 2. The molecule has 2 amide bonds. The number of nitrogens with one attached hydrogen (secondary N) is 2. The number of amides is 2. The van der Waals surface area contributed by atoms with E-state index in [0.29, 0.717) is 24.7 Å². The summed E-state index contributed by atoms with van der Waals surface area (Å²) in [6.45, 7) is 3.98. The van der Waals surface area contributed by atoms with Crippen molar-refractivity contribution >= 4 is 43.2 Å². The Bertz CT molecular complexity index is 2040. The van der Waals surface area contributed by atoms with Crippen molar-refractivity contribution in [1.82, 2.24) is 20.6 Å². The highest BCUT2D eigenvalue weighted by Gasteiger charge is 2.25. The lowest BCUT2D eigenvalue weighted by molar-refractivity contribution is -0.158. The maximum absolute atomic E-state index is 12.0. The predicted molar refractivity (Wildman–Crippen MR) is 221 cm³/mol. The highest BCUT2D eigenvalue weighted by molar-refractivity contribution is 7.47. The number of fused-ring (bicyclic) bond motifs is 1. The summed E-state index contributed by atoms with van der Waals surface area (Å²) in [6.07, 6.45) is -0.364. The molecule has 0 spiro atoms. The maximum atomic E-state index is 12.0. The van der Waals surface area contributed by atoms with E-state index >= 15 is 0 Å². The van der Waals surface area contributed by atoms with Gasteiger partial charge in [0, 0.05) is 33.1 Å². The number of alkyl carbamates (subject to hydrolysis) is 1. The summed E-state index contributed by atoms with van der Waals surface area (Å²) in [5.74, 6) is -0.637. The van der Waals surface area contributed by atoms with Gasteiger partial charge >= 0.3 is 31.9 Å². The molecule has 0 radical (unpaired) electrons. The monoisotopic (exact) mass is 905 g/mol. The van der Waals surface area contributed by atoms with Gasteiger partial charge in [-0.15, -0.1) is 0 Å². The van der Waals surface area contributed by atoms with Crippen LogP contribution in [-0.2, 0) is 56.4 Å². The van der Waals surface area contributed by atoms with Crippen molar-refractivity contribution in [1.29, 1.82) is 0 Å². The minimum Gasteiger partial charge on any atom is -0.485 e. The van der Waals surface area contributed by atoms with E-state index in [2.05, 4.69) is 20.6 Å². The summed E-state index contributed by atoms with van der Waals surface area (Å²) < 4.78 is 69.1. The van der Waals surface area contributed by atoms with Gasteiger partial charge in [-0.3, -0.25) is 23.4 Å². The molecule has 0 bridgehead atoms. The van der Waals surface area contributed by atoms with Crippen LogP contribution in [0.5, 0.6) is 17.6 Å². The number of nitrogens with zero attached hydrogens (tertiary/aromatic N) is 3. The Kier molecular flexibility index (Phi) is 21.1. The van der Waals surface area contributed by atoms with E-state index in [9.17, 15) is 28.6 Å². The van der Waals surface area contributed by atoms with Gasteiger partial charge in [0.1, 0.15) is 44.5 Å². The van der Waals surface area contributed by atoms with Crippen LogP contribution in [0.4, 0.5) is 10.5 Å². The van der Waals surface area contributed by atoms with Gasteiger partial charge in [-0.1, -0.05) is 30.3 Å². The second-order valence-electron chi connectivity index (χ2n) is 13.1. The maximum Gasteiger partial charge on any atom is 0.472 e. The molecule has 2 unspecified atom stereocenters. The topological polar surface area (TPSA) is 269 Å². The Morgan fingerprint density at radius 3 is 2.29 bits per heavy atom. The zero-order chi connectivity index (χ0) is 45.5. The first-order chi connectivity index (χ1) is 30.3. The van der Waals surface area contributed by atoms with E-state index in [4.69, 9.17) is 56.7 Å². The van der Waals surface area contributed by atoms with Crippen molar-refractivity contribution in [3.05, 3.63) is 59.8 Å². The van der Waals surface area contributed by atoms with E-state index < -0.39 is 57.7 Å². The lowest BCUT2D eigenvalue weighted by Gasteiger charge is -2.18.